The highest BCUT2D eigenvalue weighted by atomic mass is 32.3. The summed E-state index contributed by atoms with van der Waals surface area (Å²) in [4.78, 5) is 0. The summed E-state index contributed by atoms with van der Waals surface area (Å²) in [5, 5.41) is -0.879. The van der Waals surface area contributed by atoms with Crippen LogP contribution in [-0.4, -0.2) is 34.7 Å². The van der Waals surface area contributed by atoms with E-state index >= 15 is 0 Å². The van der Waals surface area contributed by atoms with Crippen LogP contribution in [0.5, 0.6) is 0 Å². The summed E-state index contributed by atoms with van der Waals surface area (Å²) >= 11 is 0. The van der Waals surface area contributed by atoms with Crippen molar-refractivity contribution in [3.8, 4) is 12.3 Å². The summed E-state index contributed by atoms with van der Waals surface area (Å²) in [6.45, 7) is 0.169. The first-order valence-electron chi connectivity index (χ1n) is 3.85. The zero-order valence-electron chi connectivity index (χ0n) is 7.86. The molecule has 14 heavy (non-hydrogen) atoms. The van der Waals surface area contributed by atoms with Crippen molar-refractivity contribution in [2.75, 3.05) is 17.9 Å². The van der Waals surface area contributed by atoms with E-state index in [1.54, 1.807) is 0 Å². The molecule has 0 aromatic rings. The molecule has 0 saturated heterocycles. The van der Waals surface area contributed by atoms with Crippen molar-refractivity contribution in [2.24, 2.45) is 0 Å². The van der Waals surface area contributed by atoms with E-state index in [0.717, 1.165) is 6.26 Å². The minimum absolute atomic E-state index is 0.169. The number of unbranched alkanes of at least 4 members (excludes halogenated alkanes) is 1. The van der Waals surface area contributed by atoms with E-state index in [1.165, 1.54) is 0 Å². The molecule has 0 atom stereocenters. The van der Waals surface area contributed by atoms with Gasteiger partial charge in [0.15, 0.2) is 14.9 Å². The van der Waals surface area contributed by atoms with Crippen molar-refractivity contribution in [1.29, 1.82) is 0 Å². The zero-order chi connectivity index (χ0) is 11.2. The van der Waals surface area contributed by atoms with Gasteiger partial charge in [-0.25, -0.2) is 21.6 Å². The van der Waals surface area contributed by atoms with E-state index < -0.39 is 24.9 Å². The molecule has 82 valence electrons. The van der Waals surface area contributed by atoms with Crippen molar-refractivity contribution >= 4 is 19.9 Å². The van der Waals surface area contributed by atoms with Crippen molar-refractivity contribution in [2.45, 2.75) is 12.8 Å². The van der Waals surface area contributed by atoms with Crippen LogP contribution in [0.3, 0.4) is 0 Å². The Morgan fingerprint density at radius 3 is 2.29 bits per heavy atom. The normalized spacial score (nSPS) is 12.3. The third-order valence-corrected chi connectivity index (χ3v) is 4.79. The lowest BCUT2D eigenvalue weighted by Crippen LogP contribution is -2.30. The van der Waals surface area contributed by atoms with E-state index in [0.29, 0.717) is 12.8 Å². The van der Waals surface area contributed by atoms with Gasteiger partial charge in [0.25, 0.3) is 0 Å². The van der Waals surface area contributed by atoms with Gasteiger partial charge in [0.05, 0.1) is 0 Å². The molecule has 0 aliphatic rings. The summed E-state index contributed by atoms with van der Waals surface area (Å²) in [5.74, 6) is 2.35. The SMILES string of the molecule is C#CCCCNS(=O)(=O)CS(C)(=O)=O. The van der Waals surface area contributed by atoms with Gasteiger partial charge in [-0.15, -0.1) is 12.3 Å². The monoisotopic (exact) mass is 239 g/mol. The molecule has 5 nitrogen and oxygen atoms in total. The number of rotatable bonds is 6. The molecular formula is C7H13NO4S2. The molecule has 0 aromatic carbocycles. The van der Waals surface area contributed by atoms with Gasteiger partial charge in [-0.3, -0.25) is 0 Å². The predicted octanol–water partition coefficient (Wildman–Crippen LogP) is -0.679. The van der Waals surface area contributed by atoms with Gasteiger partial charge in [-0.05, 0) is 6.42 Å². The quantitative estimate of drug-likeness (QED) is 0.492. The molecule has 7 heteroatoms. The number of terminal acetylenes is 1. The fourth-order valence-electron chi connectivity index (χ4n) is 0.742. The molecule has 0 spiro atoms. The molecule has 0 rings (SSSR count). The fraction of sp³-hybridized carbons (Fsp3) is 0.714. The molecule has 1 N–H and O–H groups in total. The molecule has 0 unspecified atom stereocenters. The number of nitrogens with one attached hydrogen (secondary N) is 1. The van der Waals surface area contributed by atoms with Gasteiger partial charge in [-0.2, -0.15) is 0 Å². The van der Waals surface area contributed by atoms with E-state index in [2.05, 4.69) is 10.6 Å². The largest absolute Gasteiger partial charge is 0.228 e. The Morgan fingerprint density at radius 1 is 1.29 bits per heavy atom. The van der Waals surface area contributed by atoms with Gasteiger partial charge in [-0.1, -0.05) is 0 Å². The summed E-state index contributed by atoms with van der Waals surface area (Å²) in [6.07, 6.45) is 6.78. The lowest BCUT2D eigenvalue weighted by molar-refractivity contribution is 0.579. The van der Waals surface area contributed by atoms with Crippen LogP contribution < -0.4 is 4.72 Å². The minimum Gasteiger partial charge on any atom is -0.228 e. The number of sulfone groups is 1. The second kappa shape index (κ2) is 5.34. The Hall–Kier alpha value is -0.580. The Labute approximate surface area is 84.9 Å². The predicted molar refractivity (Wildman–Crippen MR) is 54.7 cm³/mol. The van der Waals surface area contributed by atoms with Crippen LogP contribution in [0.15, 0.2) is 0 Å². The lowest BCUT2D eigenvalue weighted by Gasteiger charge is -2.03. The Bertz CT molecular complexity index is 401. The highest BCUT2D eigenvalue weighted by Crippen LogP contribution is 1.93. The topological polar surface area (TPSA) is 80.3 Å². The van der Waals surface area contributed by atoms with Crippen LogP contribution in [0.25, 0.3) is 0 Å². The van der Waals surface area contributed by atoms with Crippen LogP contribution in [-0.2, 0) is 19.9 Å². The summed E-state index contributed by atoms with van der Waals surface area (Å²) < 4.78 is 45.7. The highest BCUT2D eigenvalue weighted by molar-refractivity contribution is 8.06. The van der Waals surface area contributed by atoms with Gasteiger partial charge in [0.1, 0.15) is 0 Å². The zero-order valence-corrected chi connectivity index (χ0v) is 9.49. The number of sulfonamides is 1. The lowest BCUT2D eigenvalue weighted by atomic mass is 10.3. The van der Waals surface area contributed by atoms with Gasteiger partial charge >= 0.3 is 0 Å². The van der Waals surface area contributed by atoms with Crippen LogP contribution in [0.1, 0.15) is 12.8 Å². The molecule has 0 heterocycles. The van der Waals surface area contributed by atoms with E-state index in [9.17, 15) is 16.8 Å². The Morgan fingerprint density at radius 2 is 1.86 bits per heavy atom. The second-order valence-corrected chi connectivity index (χ2v) is 7.17. The van der Waals surface area contributed by atoms with Crippen molar-refractivity contribution < 1.29 is 16.8 Å². The van der Waals surface area contributed by atoms with Crippen LogP contribution in [0.4, 0.5) is 0 Å². The van der Waals surface area contributed by atoms with Gasteiger partial charge in [0.2, 0.25) is 10.0 Å². The number of hydrogen-bond donors (Lipinski definition) is 1. The standard InChI is InChI=1S/C7H13NO4S2/c1-3-4-5-6-8-14(11,12)7-13(2,9)10/h1,8H,4-7H2,2H3. The second-order valence-electron chi connectivity index (χ2n) is 2.86. The highest BCUT2D eigenvalue weighted by Gasteiger charge is 2.16. The molecule has 0 radical (unpaired) electrons. The maximum atomic E-state index is 11.1. The van der Waals surface area contributed by atoms with Crippen molar-refractivity contribution in [1.82, 2.24) is 4.72 Å². The van der Waals surface area contributed by atoms with Crippen LogP contribution >= 0.6 is 0 Å². The maximum Gasteiger partial charge on any atom is 0.226 e. The van der Waals surface area contributed by atoms with E-state index in [-0.39, 0.29) is 6.54 Å². The third-order valence-electron chi connectivity index (χ3n) is 1.19. The maximum absolute atomic E-state index is 11.1. The summed E-state index contributed by atoms with van der Waals surface area (Å²) in [5.41, 5.74) is 0. The first kappa shape index (κ1) is 13.4. The molecular weight excluding hydrogens is 226 g/mol. The number of hydrogen-bond acceptors (Lipinski definition) is 4. The Balaban J connectivity index is 4.06. The van der Waals surface area contributed by atoms with Crippen molar-refractivity contribution in [3.63, 3.8) is 0 Å². The van der Waals surface area contributed by atoms with Crippen LogP contribution in [0, 0.1) is 12.3 Å². The molecule has 0 aromatic heterocycles. The fourth-order valence-corrected chi connectivity index (χ4v) is 3.78. The molecule has 0 bridgehead atoms. The third kappa shape index (κ3) is 8.04. The molecule has 0 fully saturated rings. The average molecular weight is 239 g/mol. The molecule has 0 aliphatic heterocycles. The smallest absolute Gasteiger partial charge is 0.226 e. The van der Waals surface area contributed by atoms with Crippen LogP contribution in [0.2, 0.25) is 0 Å². The van der Waals surface area contributed by atoms with E-state index in [4.69, 9.17) is 6.42 Å². The first-order valence-corrected chi connectivity index (χ1v) is 7.56. The molecule has 0 saturated carbocycles. The molecule has 0 aliphatic carbocycles. The Kier molecular flexibility index (Phi) is 5.12. The first-order chi connectivity index (χ1) is 6.27. The van der Waals surface area contributed by atoms with Gasteiger partial charge < -0.3 is 0 Å². The summed E-state index contributed by atoms with van der Waals surface area (Å²) in [7, 11) is -7.24. The summed E-state index contributed by atoms with van der Waals surface area (Å²) in [6, 6.07) is 0. The van der Waals surface area contributed by atoms with Gasteiger partial charge in [0, 0.05) is 19.2 Å². The molecule has 0 amide bonds. The average Bonchev–Trinajstić information content (AvgIpc) is 1.93. The van der Waals surface area contributed by atoms with E-state index in [1.807, 2.05) is 0 Å². The minimum atomic E-state index is -3.73. The van der Waals surface area contributed by atoms with Crippen molar-refractivity contribution in [3.05, 3.63) is 0 Å².